The number of para-hydroxylation sites is 1. The number of hydrogen-bond donors (Lipinski definition) is 2. The Labute approximate surface area is 118 Å². The maximum Gasteiger partial charge on any atom is 0.261 e. The Morgan fingerprint density at radius 2 is 2.05 bits per heavy atom. The van der Waals surface area contributed by atoms with Gasteiger partial charge < -0.3 is 15.2 Å². The van der Waals surface area contributed by atoms with Gasteiger partial charge in [0.15, 0.2) is 6.10 Å². The normalized spacial score (nSPS) is 13.7. The van der Waals surface area contributed by atoms with E-state index in [1.807, 2.05) is 13.8 Å². The van der Waals surface area contributed by atoms with E-state index in [2.05, 4.69) is 5.32 Å². The van der Waals surface area contributed by atoms with Gasteiger partial charge in [-0.3, -0.25) is 4.79 Å². The molecule has 2 unspecified atom stereocenters. The summed E-state index contributed by atoms with van der Waals surface area (Å²) in [6.45, 7) is 3.68. The molecule has 1 amide bonds. The monoisotopic (exact) mass is 285 g/mol. The van der Waals surface area contributed by atoms with E-state index in [1.165, 1.54) is 0 Å². The van der Waals surface area contributed by atoms with Gasteiger partial charge in [0.1, 0.15) is 5.75 Å². The average molecular weight is 286 g/mol. The van der Waals surface area contributed by atoms with Gasteiger partial charge in [-0.05, 0) is 25.0 Å². The summed E-state index contributed by atoms with van der Waals surface area (Å²) in [5.74, 6) is 0.256. The smallest absolute Gasteiger partial charge is 0.261 e. The van der Waals surface area contributed by atoms with Crippen LogP contribution in [0.1, 0.15) is 26.7 Å². The molecule has 5 heteroatoms. The first-order valence-corrected chi connectivity index (χ1v) is 6.82. The van der Waals surface area contributed by atoms with Crippen LogP contribution in [-0.4, -0.2) is 29.8 Å². The number of hydrogen-bond acceptors (Lipinski definition) is 3. The van der Waals surface area contributed by atoms with Crippen LogP contribution in [0.3, 0.4) is 0 Å². The van der Waals surface area contributed by atoms with Gasteiger partial charge >= 0.3 is 0 Å². The molecule has 1 rings (SSSR count). The van der Waals surface area contributed by atoms with Crippen molar-refractivity contribution in [2.75, 3.05) is 6.61 Å². The standard InChI is InChI=1S/C14H20ClNO3/c1-3-10(9-17)16-14(18)12(4-2)19-13-8-6-5-7-11(13)15/h5-8,10,12,17H,3-4,9H2,1-2H3,(H,16,18). The fraction of sp³-hybridized carbons (Fsp3) is 0.500. The Morgan fingerprint density at radius 1 is 1.37 bits per heavy atom. The first kappa shape index (κ1) is 15.8. The molecule has 0 heterocycles. The van der Waals surface area contributed by atoms with E-state index in [9.17, 15) is 4.79 Å². The molecule has 106 valence electrons. The summed E-state index contributed by atoms with van der Waals surface area (Å²) in [5, 5.41) is 12.3. The zero-order chi connectivity index (χ0) is 14.3. The highest BCUT2D eigenvalue weighted by molar-refractivity contribution is 6.32. The first-order chi connectivity index (χ1) is 9.12. The summed E-state index contributed by atoms with van der Waals surface area (Å²) in [6.07, 6.45) is 0.587. The molecule has 4 nitrogen and oxygen atoms in total. The zero-order valence-corrected chi connectivity index (χ0v) is 12.0. The molecule has 0 bridgehead atoms. The molecule has 0 fully saturated rings. The third kappa shape index (κ3) is 4.73. The number of aliphatic hydroxyl groups excluding tert-OH is 1. The Morgan fingerprint density at radius 3 is 2.58 bits per heavy atom. The van der Waals surface area contributed by atoms with E-state index in [0.29, 0.717) is 23.6 Å². The lowest BCUT2D eigenvalue weighted by Crippen LogP contribution is -2.44. The Kier molecular flexibility index (Phi) is 6.67. The molecule has 0 spiro atoms. The van der Waals surface area contributed by atoms with Crippen molar-refractivity contribution in [1.29, 1.82) is 0 Å². The molecule has 0 radical (unpaired) electrons. The summed E-state index contributed by atoms with van der Waals surface area (Å²) < 4.78 is 5.62. The average Bonchev–Trinajstić information content (AvgIpc) is 2.43. The molecule has 0 saturated heterocycles. The second-order valence-corrected chi connectivity index (χ2v) is 4.65. The number of ether oxygens (including phenoxy) is 1. The van der Waals surface area contributed by atoms with Crippen LogP contribution in [0.2, 0.25) is 5.02 Å². The van der Waals surface area contributed by atoms with E-state index in [-0.39, 0.29) is 18.6 Å². The molecule has 2 N–H and O–H groups in total. The third-order valence-electron chi connectivity index (χ3n) is 2.83. The Balaban J connectivity index is 2.68. The number of nitrogens with one attached hydrogen (secondary N) is 1. The molecular formula is C14H20ClNO3. The minimum Gasteiger partial charge on any atom is -0.479 e. The number of rotatable bonds is 7. The van der Waals surface area contributed by atoms with Crippen LogP contribution in [0, 0.1) is 0 Å². The van der Waals surface area contributed by atoms with Crippen LogP contribution in [0.4, 0.5) is 0 Å². The number of carbonyl (C=O) groups is 1. The fourth-order valence-corrected chi connectivity index (χ4v) is 1.77. The van der Waals surface area contributed by atoms with E-state index >= 15 is 0 Å². The molecule has 2 atom stereocenters. The van der Waals surface area contributed by atoms with Crippen LogP contribution in [0.25, 0.3) is 0 Å². The van der Waals surface area contributed by atoms with Crippen LogP contribution in [0.15, 0.2) is 24.3 Å². The molecule has 0 aromatic heterocycles. The molecule has 0 aliphatic heterocycles. The van der Waals surface area contributed by atoms with Gasteiger partial charge in [-0.2, -0.15) is 0 Å². The van der Waals surface area contributed by atoms with Crippen molar-refractivity contribution in [3.8, 4) is 5.75 Å². The van der Waals surface area contributed by atoms with E-state index in [4.69, 9.17) is 21.4 Å². The molecule has 1 aromatic rings. The highest BCUT2D eigenvalue weighted by atomic mass is 35.5. The molecule has 0 aliphatic carbocycles. The van der Waals surface area contributed by atoms with Crippen molar-refractivity contribution in [3.63, 3.8) is 0 Å². The summed E-state index contributed by atoms with van der Waals surface area (Å²) >= 11 is 5.99. The Bertz CT molecular complexity index is 407. The number of benzene rings is 1. The zero-order valence-electron chi connectivity index (χ0n) is 11.2. The number of aliphatic hydroxyl groups is 1. The van der Waals surface area contributed by atoms with Crippen molar-refractivity contribution < 1.29 is 14.6 Å². The summed E-state index contributed by atoms with van der Waals surface area (Å²) in [5.41, 5.74) is 0. The first-order valence-electron chi connectivity index (χ1n) is 6.44. The maximum atomic E-state index is 12.0. The lowest BCUT2D eigenvalue weighted by Gasteiger charge is -2.21. The molecule has 19 heavy (non-hydrogen) atoms. The minimum absolute atomic E-state index is 0.0786. The van der Waals surface area contributed by atoms with Crippen LogP contribution >= 0.6 is 11.6 Å². The van der Waals surface area contributed by atoms with Crippen LogP contribution in [-0.2, 0) is 4.79 Å². The minimum atomic E-state index is -0.611. The van der Waals surface area contributed by atoms with Gasteiger partial charge in [-0.15, -0.1) is 0 Å². The molecule has 0 saturated carbocycles. The number of halogens is 1. The number of amides is 1. The van der Waals surface area contributed by atoms with E-state index in [1.54, 1.807) is 24.3 Å². The highest BCUT2D eigenvalue weighted by Crippen LogP contribution is 2.24. The van der Waals surface area contributed by atoms with Crippen molar-refractivity contribution in [2.45, 2.75) is 38.8 Å². The lowest BCUT2D eigenvalue weighted by atomic mass is 10.2. The van der Waals surface area contributed by atoms with Crippen molar-refractivity contribution in [3.05, 3.63) is 29.3 Å². The predicted molar refractivity (Wildman–Crippen MR) is 75.5 cm³/mol. The van der Waals surface area contributed by atoms with Gasteiger partial charge in [-0.25, -0.2) is 0 Å². The van der Waals surface area contributed by atoms with Gasteiger partial charge in [0.25, 0.3) is 5.91 Å². The van der Waals surface area contributed by atoms with Gasteiger partial charge in [0, 0.05) is 0 Å². The quantitative estimate of drug-likeness (QED) is 0.809. The lowest BCUT2D eigenvalue weighted by molar-refractivity contribution is -0.129. The number of carbonyl (C=O) groups excluding carboxylic acids is 1. The van der Waals surface area contributed by atoms with Crippen LogP contribution in [0.5, 0.6) is 5.75 Å². The summed E-state index contributed by atoms with van der Waals surface area (Å²) in [4.78, 5) is 12.0. The topological polar surface area (TPSA) is 58.6 Å². The third-order valence-corrected chi connectivity index (χ3v) is 3.14. The van der Waals surface area contributed by atoms with Crippen LogP contribution < -0.4 is 10.1 Å². The molecule has 0 aliphatic rings. The maximum absolute atomic E-state index is 12.0. The summed E-state index contributed by atoms with van der Waals surface area (Å²) in [7, 11) is 0. The Hall–Kier alpha value is -1.26. The van der Waals surface area contributed by atoms with Gasteiger partial charge in [0.2, 0.25) is 0 Å². The van der Waals surface area contributed by atoms with Gasteiger partial charge in [0.05, 0.1) is 17.7 Å². The van der Waals surface area contributed by atoms with Gasteiger partial charge in [-0.1, -0.05) is 37.6 Å². The van der Waals surface area contributed by atoms with Crippen molar-refractivity contribution >= 4 is 17.5 Å². The van der Waals surface area contributed by atoms with Crippen molar-refractivity contribution in [2.24, 2.45) is 0 Å². The molecular weight excluding hydrogens is 266 g/mol. The SMILES string of the molecule is CCC(CO)NC(=O)C(CC)Oc1ccccc1Cl. The highest BCUT2D eigenvalue weighted by Gasteiger charge is 2.21. The van der Waals surface area contributed by atoms with Crippen molar-refractivity contribution in [1.82, 2.24) is 5.32 Å². The van der Waals surface area contributed by atoms with E-state index < -0.39 is 6.10 Å². The predicted octanol–water partition coefficient (Wildman–Crippen LogP) is 2.38. The van der Waals surface area contributed by atoms with E-state index in [0.717, 1.165) is 0 Å². The second kappa shape index (κ2) is 8.02. The molecule has 1 aromatic carbocycles. The fourth-order valence-electron chi connectivity index (χ4n) is 1.59. The summed E-state index contributed by atoms with van der Waals surface area (Å²) in [6, 6.07) is 6.80. The largest absolute Gasteiger partial charge is 0.479 e. The second-order valence-electron chi connectivity index (χ2n) is 4.24.